The number of H-pyrrole nitrogens is 1. The lowest BCUT2D eigenvalue weighted by molar-refractivity contribution is 0.0916. The monoisotopic (exact) mass is 341 g/mol. The molecular formula is C19H27N5O. The number of aromatic amines is 1. The molecule has 1 aliphatic rings. The number of nitrogens with one attached hydrogen (secondary N) is 3. The van der Waals surface area contributed by atoms with Gasteiger partial charge in [-0.3, -0.25) is 4.79 Å². The van der Waals surface area contributed by atoms with E-state index < -0.39 is 0 Å². The molecule has 2 aromatic rings. The van der Waals surface area contributed by atoms with Crippen LogP contribution in [-0.4, -0.2) is 47.5 Å². The second-order valence-corrected chi connectivity index (χ2v) is 6.32. The highest BCUT2D eigenvalue weighted by molar-refractivity contribution is 5.98. The molecule has 2 unspecified atom stereocenters. The number of piperidine rings is 1. The SMILES string of the molecule is CCNc1cccnc1N(CC)C1CCNC(C(=O)c2ccc[nH]2)C1. The molecule has 0 amide bonds. The van der Waals surface area contributed by atoms with Crippen molar-refractivity contribution >= 4 is 17.3 Å². The summed E-state index contributed by atoms with van der Waals surface area (Å²) in [6.45, 7) is 6.79. The Balaban J connectivity index is 1.78. The number of aromatic nitrogens is 2. The molecule has 3 heterocycles. The predicted molar refractivity (Wildman–Crippen MR) is 101 cm³/mol. The Morgan fingerprint density at radius 2 is 2.24 bits per heavy atom. The quantitative estimate of drug-likeness (QED) is 0.675. The van der Waals surface area contributed by atoms with E-state index in [2.05, 4.69) is 45.4 Å². The van der Waals surface area contributed by atoms with E-state index >= 15 is 0 Å². The van der Waals surface area contributed by atoms with Crippen molar-refractivity contribution in [2.24, 2.45) is 0 Å². The van der Waals surface area contributed by atoms with E-state index in [1.807, 2.05) is 24.4 Å². The lowest BCUT2D eigenvalue weighted by Gasteiger charge is -2.38. The molecule has 3 N–H and O–H groups in total. The van der Waals surface area contributed by atoms with Crippen molar-refractivity contribution in [1.82, 2.24) is 15.3 Å². The number of hydrogen-bond acceptors (Lipinski definition) is 5. The maximum absolute atomic E-state index is 12.7. The molecule has 0 spiro atoms. The summed E-state index contributed by atoms with van der Waals surface area (Å²) in [5.74, 6) is 1.11. The smallest absolute Gasteiger partial charge is 0.195 e. The van der Waals surface area contributed by atoms with E-state index in [0.29, 0.717) is 11.7 Å². The molecule has 134 valence electrons. The number of rotatable bonds is 7. The van der Waals surface area contributed by atoms with Gasteiger partial charge in [0.2, 0.25) is 0 Å². The van der Waals surface area contributed by atoms with Gasteiger partial charge in [0, 0.05) is 31.5 Å². The number of Topliss-reactive ketones (excluding diaryl/α,β-unsaturated/α-hetero) is 1. The van der Waals surface area contributed by atoms with Crippen LogP contribution >= 0.6 is 0 Å². The molecule has 0 aliphatic carbocycles. The first-order valence-electron chi connectivity index (χ1n) is 9.11. The number of ketones is 1. The minimum absolute atomic E-state index is 0.138. The van der Waals surface area contributed by atoms with Gasteiger partial charge in [0.1, 0.15) is 0 Å². The van der Waals surface area contributed by atoms with Crippen LogP contribution in [0.3, 0.4) is 0 Å². The zero-order valence-electron chi connectivity index (χ0n) is 15.0. The van der Waals surface area contributed by atoms with Gasteiger partial charge >= 0.3 is 0 Å². The minimum atomic E-state index is -0.155. The highest BCUT2D eigenvalue weighted by Crippen LogP contribution is 2.28. The first-order valence-corrected chi connectivity index (χ1v) is 9.11. The standard InChI is InChI=1S/C19H27N5O/c1-3-20-16-8-6-11-23-19(16)24(4-2)14-9-12-22-17(13-14)18(25)15-7-5-10-21-15/h5-8,10-11,14,17,20-22H,3-4,9,12-13H2,1-2H3. The number of carbonyl (C=O) groups is 1. The van der Waals surface area contributed by atoms with Gasteiger partial charge in [-0.2, -0.15) is 0 Å². The van der Waals surface area contributed by atoms with E-state index in [9.17, 15) is 4.79 Å². The van der Waals surface area contributed by atoms with Crippen LogP contribution in [-0.2, 0) is 0 Å². The molecule has 1 aliphatic heterocycles. The van der Waals surface area contributed by atoms with Crippen molar-refractivity contribution < 1.29 is 4.79 Å². The molecule has 3 rings (SSSR count). The summed E-state index contributed by atoms with van der Waals surface area (Å²) in [5, 5.41) is 6.77. The van der Waals surface area contributed by atoms with Crippen LogP contribution in [0.2, 0.25) is 0 Å². The van der Waals surface area contributed by atoms with Crippen LogP contribution in [0, 0.1) is 0 Å². The van der Waals surface area contributed by atoms with Crippen molar-refractivity contribution in [2.75, 3.05) is 29.9 Å². The molecule has 1 fully saturated rings. The summed E-state index contributed by atoms with van der Waals surface area (Å²) in [6, 6.07) is 7.86. The minimum Gasteiger partial charge on any atom is -0.382 e. The third kappa shape index (κ3) is 3.85. The molecule has 6 heteroatoms. The number of anilines is 2. The fraction of sp³-hybridized carbons (Fsp3) is 0.474. The van der Waals surface area contributed by atoms with Crippen LogP contribution in [0.4, 0.5) is 11.5 Å². The van der Waals surface area contributed by atoms with E-state index in [4.69, 9.17) is 0 Å². The molecule has 0 radical (unpaired) electrons. The zero-order valence-corrected chi connectivity index (χ0v) is 15.0. The van der Waals surface area contributed by atoms with Gasteiger partial charge in [-0.25, -0.2) is 4.98 Å². The van der Waals surface area contributed by atoms with Gasteiger partial charge < -0.3 is 20.5 Å². The average molecular weight is 341 g/mol. The molecule has 0 aromatic carbocycles. The molecule has 2 aromatic heterocycles. The molecule has 0 saturated carbocycles. The summed E-state index contributed by atoms with van der Waals surface area (Å²) in [7, 11) is 0. The highest BCUT2D eigenvalue weighted by Gasteiger charge is 2.31. The number of carbonyl (C=O) groups excluding carboxylic acids is 1. The average Bonchev–Trinajstić information content (AvgIpc) is 3.18. The van der Waals surface area contributed by atoms with E-state index in [1.54, 1.807) is 6.20 Å². The van der Waals surface area contributed by atoms with Crippen LogP contribution in [0.25, 0.3) is 0 Å². The van der Waals surface area contributed by atoms with Crippen LogP contribution < -0.4 is 15.5 Å². The summed E-state index contributed by atoms with van der Waals surface area (Å²) in [5.41, 5.74) is 1.73. The first kappa shape index (κ1) is 17.5. The number of pyridine rings is 1. The third-order valence-electron chi connectivity index (χ3n) is 4.76. The molecular weight excluding hydrogens is 314 g/mol. The fourth-order valence-electron chi connectivity index (χ4n) is 3.59. The van der Waals surface area contributed by atoms with E-state index in [-0.39, 0.29) is 11.8 Å². The Morgan fingerprint density at radius 1 is 1.36 bits per heavy atom. The van der Waals surface area contributed by atoms with Crippen LogP contribution in [0.5, 0.6) is 0 Å². The second kappa shape index (κ2) is 8.16. The zero-order chi connectivity index (χ0) is 17.6. The summed E-state index contributed by atoms with van der Waals surface area (Å²) in [4.78, 5) is 22.6. The van der Waals surface area contributed by atoms with Gasteiger partial charge in [0.05, 0.1) is 17.4 Å². The maximum Gasteiger partial charge on any atom is 0.195 e. The van der Waals surface area contributed by atoms with Gasteiger partial charge in [0.15, 0.2) is 11.6 Å². The van der Waals surface area contributed by atoms with Gasteiger partial charge in [-0.1, -0.05) is 0 Å². The summed E-state index contributed by atoms with van der Waals surface area (Å²) < 4.78 is 0. The molecule has 6 nitrogen and oxygen atoms in total. The Hall–Kier alpha value is -2.34. The van der Waals surface area contributed by atoms with E-state index in [0.717, 1.165) is 44.0 Å². The van der Waals surface area contributed by atoms with Gasteiger partial charge in [-0.05, 0) is 57.5 Å². The molecule has 0 bridgehead atoms. The summed E-state index contributed by atoms with van der Waals surface area (Å²) in [6.07, 6.45) is 5.42. The Bertz CT molecular complexity index is 685. The highest BCUT2D eigenvalue weighted by atomic mass is 16.1. The normalized spacial score (nSPS) is 20.2. The first-order chi connectivity index (χ1) is 12.2. The third-order valence-corrected chi connectivity index (χ3v) is 4.76. The lowest BCUT2D eigenvalue weighted by atomic mass is 9.93. The molecule has 25 heavy (non-hydrogen) atoms. The largest absolute Gasteiger partial charge is 0.382 e. The van der Waals surface area contributed by atoms with E-state index in [1.165, 1.54) is 0 Å². The lowest BCUT2D eigenvalue weighted by Crippen LogP contribution is -2.51. The Labute approximate surface area is 149 Å². The van der Waals surface area contributed by atoms with Gasteiger partial charge in [-0.15, -0.1) is 0 Å². The van der Waals surface area contributed by atoms with Crippen molar-refractivity contribution in [2.45, 2.75) is 38.8 Å². The predicted octanol–water partition coefficient (Wildman–Crippen LogP) is 2.67. The van der Waals surface area contributed by atoms with Crippen molar-refractivity contribution in [3.8, 4) is 0 Å². The molecule has 1 saturated heterocycles. The van der Waals surface area contributed by atoms with Crippen LogP contribution in [0.15, 0.2) is 36.7 Å². The number of nitrogens with zero attached hydrogens (tertiary/aromatic N) is 2. The molecule has 2 atom stereocenters. The van der Waals surface area contributed by atoms with Crippen molar-refractivity contribution in [1.29, 1.82) is 0 Å². The number of hydrogen-bond donors (Lipinski definition) is 3. The fourth-order valence-corrected chi connectivity index (χ4v) is 3.59. The second-order valence-electron chi connectivity index (χ2n) is 6.32. The summed E-state index contributed by atoms with van der Waals surface area (Å²) >= 11 is 0. The Kier molecular flexibility index (Phi) is 5.71. The maximum atomic E-state index is 12.7. The van der Waals surface area contributed by atoms with Gasteiger partial charge in [0.25, 0.3) is 0 Å². The topological polar surface area (TPSA) is 73.1 Å². The van der Waals surface area contributed by atoms with Crippen LogP contribution in [0.1, 0.15) is 37.2 Å². The Morgan fingerprint density at radius 3 is 2.96 bits per heavy atom. The van der Waals surface area contributed by atoms with Crippen molar-refractivity contribution in [3.63, 3.8) is 0 Å². The van der Waals surface area contributed by atoms with Crippen molar-refractivity contribution in [3.05, 3.63) is 42.4 Å².